The van der Waals surface area contributed by atoms with Gasteiger partial charge in [0, 0.05) is 32.8 Å². The molecule has 0 saturated carbocycles. The first-order valence-electron chi connectivity index (χ1n) is 6.85. The summed E-state index contributed by atoms with van der Waals surface area (Å²) in [6.45, 7) is 6.64. The predicted octanol–water partition coefficient (Wildman–Crippen LogP) is 1.74. The maximum absolute atomic E-state index is 11.6. The number of carbonyl (C=O) groups excluding carboxylic acids is 1. The number of ether oxygens (including phenoxy) is 1. The summed E-state index contributed by atoms with van der Waals surface area (Å²) >= 11 is 0. The first-order chi connectivity index (χ1) is 9.49. The van der Waals surface area contributed by atoms with Crippen molar-refractivity contribution in [2.75, 3.05) is 44.5 Å². The van der Waals surface area contributed by atoms with Crippen molar-refractivity contribution in [2.45, 2.75) is 13.8 Å². The van der Waals surface area contributed by atoms with Gasteiger partial charge in [-0.15, -0.1) is 0 Å². The molecular formula is C15H25N3O2. The standard InChI is InChI=1S/C15H25N3O2/c1-11(2)10-18(7-8-20-4)14-6-5-12(9-13(14)16)15(19)17-3/h5-6,9,11H,7-8,10,16H2,1-4H3,(H,17,19). The Morgan fingerprint density at radius 3 is 2.65 bits per heavy atom. The van der Waals surface area contributed by atoms with Crippen molar-refractivity contribution in [1.29, 1.82) is 0 Å². The molecule has 0 aliphatic carbocycles. The summed E-state index contributed by atoms with van der Waals surface area (Å²) in [5, 5.41) is 2.60. The molecule has 0 fully saturated rings. The first-order valence-corrected chi connectivity index (χ1v) is 6.85. The quantitative estimate of drug-likeness (QED) is 0.746. The molecule has 0 unspecified atom stereocenters. The average molecular weight is 279 g/mol. The number of amides is 1. The third-order valence-electron chi connectivity index (χ3n) is 3.01. The van der Waals surface area contributed by atoms with Gasteiger partial charge in [-0.3, -0.25) is 4.79 Å². The Morgan fingerprint density at radius 1 is 1.45 bits per heavy atom. The Kier molecular flexibility index (Phi) is 6.31. The average Bonchev–Trinajstić information content (AvgIpc) is 2.42. The third-order valence-corrected chi connectivity index (χ3v) is 3.01. The van der Waals surface area contributed by atoms with E-state index in [4.69, 9.17) is 10.5 Å². The second kappa shape index (κ2) is 7.75. The number of anilines is 2. The van der Waals surface area contributed by atoms with Gasteiger partial charge < -0.3 is 20.7 Å². The number of nitrogens with two attached hydrogens (primary N) is 1. The second-order valence-electron chi connectivity index (χ2n) is 5.19. The van der Waals surface area contributed by atoms with E-state index in [1.54, 1.807) is 26.3 Å². The number of benzene rings is 1. The summed E-state index contributed by atoms with van der Waals surface area (Å²) in [5.41, 5.74) is 8.24. The first kappa shape index (κ1) is 16.3. The zero-order chi connectivity index (χ0) is 15.1. The van der Waals surface area contributed by atoms with Gasteiger partial charge in [-0.2, -0.15) is 0 Å². The van der Waals surface area contributed by atoms with Gasteiger partial charge in [0.2, 0.25) is 0 Å². The molecule has 0 aliphatic heterocycles. The lowest BCUT2D eigenvalue weighted by molar-refractivity contribution is 0.0963. The predicted molar refractivity (Wildman–Crippen MR) is 83.2 cm³/mol. The van der Waals surface area contributed by atoms with Crippen molar-refractivity contribution < 1.29 is 9.53 Å². The molecule has 0 heterocycles. The second-order valence-corrected chi connectivity index (χ2v) is 5.19. The largest absolute Gasteiger partial charge is 0.397 e. The van der Waals surface area contributed by atoms with Crippen LogP contribution in [0, 0.1) is 5.92 Å². The lowest BCUT2D eigenvalue weighted by atomic mass is 10.1. The van der Waals surface area contributed by atoms with Crippen LogP contribution in [-0.2, 0) is 4.74 Å². The minimum absolute atomic E-state index is 0.129. The van der Waals surface area contributed by atoms with Crippen molar-refractivity contribution in [3.63, 3.8) is 0 Å². The molecule has 0 aromatic heterocycles. The van der Waals surface area contributed by atoms with Crippen molar-refractivity contribution in [2.24, 2.45) is 5.92 Å². The van der Waals surface area contributed by atoms with Crippen LogP contribution in [-0.4, -0.2) is 39.8 Å². The molecule has 3 N–H and O–H groups in total. The smallest absolute Gasteiger partial charge is 0.251 e. The van der Waals surface area contributed by atoms with Gasteiger partial charge in [-0.25, -0.2) is 0 Å². The SMILES string of the molecule is CNC(=O)c1ccc(N(CCOC)CC(C)C)c(N)c1. The van der Waals surface area contributed by atoms with Crippen LogP contribution in [0.2, 0.25) is 0 Å². The van der Waals surface area contributed by atoms with E-state index in [0.29, 0.717) is 23.8 Å². The van der Waals surface area contributed by atoms with E-state index >= 15 is 0 Å². The fourth-order valence-electron chi connectivity index (χ4n) is 2.08. The van der Waals surface area contributed by atoms with Crippen LogP contribution in [0.1, 0.15) is 24.2 Å². The maximum atomic E-state index is 11.6. The summed E-state index contributed by atoms with van der Waals surface area (Å²) in [5.74, 6) is 0.389. The van der Waals surface area contributed by atoms with Crippen LogP contribution < -0.4 is 16.0 Å². The number of carbonyl (C=O) groups is 1. The minimum atomic E-state index is -0.129. The molecule has 20 heavy (non-hydrogen) atoms. The zero-order valence-corrected chi connectivity index (χ0v) is 12.8. The van der Waals surface area contributed by atoms with Crippen LogP contribution in [0.3, 0.4) is 0 Å². The Labute approximate surface area is 121 Å². The lowest BCUT2D eigenvalue weighted by Gasteiger charge is -2.28. The van der Waals surface area contributed by atoms with Gasteiger partial charge in [0.1, 0.15) is 0 Å². The van der Waals surface area contributed by atoms with Crippen LogP contribution in [0.15, 0.2) is 18.2 Å². The Balaban J connectivity index is 2.98. The fraction of sp³-hybridized carbons (Fsp3) is 0.533. The summed E-state index contributed by atoms with van der Waals surface area (Å²) in [6.07, 6.45) is 0. The van der Waals surface area contributed by atoms with Gasteiger partial charge in [0.15, 0.2) is 0 Å². The highest BCUT2D eigenvalue weighted by atomic mass is 16.5. The maximum Gasteiger partial charge on any atom is 0.251 e. The van der Waals surface area contributed by atoms with E-state index in [1.165, 1.54) is 0 Å². The van der Waals surface area contributed by atoms with Crippen molar-refractivity contribution >= 4 is 17.3 Å². The summed E-state index contributed by atoms with van der Waals surface area (Å²) in [7, 11) is 3.29. The van der Waals surface area contributed by atoms with Crippen molar-refractivity contribution in [1.82, 2.24) is 5.32 Å². The monoisotopic (exact) mass is 279 g/mol. The number of nitrogens with zero attached hydrogens (tertiary/aromatic N) is 1. The lowest BCUT2D eigenvalue weighted by Crippen LogP contribution is -2.31. The summed E-state index contributed by atoms with van der Waals surface area (Å²) in [4.78, 5) is 13.8. The van der Waals surface area contributed by atoms with E-state index in [2.05, 4.69) is 24.1 Å². The molecule has 1 aromatic rings. The molecule has 0 bridgehead atoms. The Hall–Kier alpha value is -1.75. The van der Waals surface area contributed by atoms with E-state index in [1.807, 2.05) is 6.07 Å². The molecule has 0 aliphatic rings. The summed E-state index contributed by atoms with van der Waals surface area (Å²) in [6, 6.07) is 5.41. The molecule has 5 heteroatoms. The molecule has 5 nitrogen and oxygen atoms in total. The highest BCUT2D eigenvalue weighted by Crippen LogP contribution is 2.25. The fourth-order valence-corrected chi connectivity index (χ4v) is 2.08. The number of methoxy groups -OCH3 is 1. The van der Waals surface area contributed by atoms with E-state index in [9.17, 15) is 4.79 Å². The molecule has 0 spiro atoms. The van der Waals surface area contributed by atoms with Gasteiger partial charge in [0.05, 0.1) is 18.0 Å². The van der Waals surface area contributed by atoms with Crippen LogP contribution >= 0.6 is 0 Å². The van der Waals surface area contributed by atoms with Gasteiger partial charge in [-0.1, -0.05) is 13.8 Å². The summed E-state index contributed by atoms with van der Waals surface area (Å²) < 4.78 is 5.15. The number of hydrogen-bond acceptors (Lipinski definition) is 4. The molecule has 0 radical (unpaired) electrons. The molecular weight excluding hydrogens is 254 g/mol. The topological polar surface area (TPSA) is 67.6 Å². The number of nitrogens with one attached hydrogen (secondary N) is 1. The molecule has 0 saturated heterocycles. The molecule has 1 aromatic carbocycles. The van der Waals surface area contributed by atoms with Gasteiger partial charge >= 0.3 is 0 Å². The molecule has 112 valence electrons. The van der Waals surface area contributed by atoms with Gasteiger partial charge in [-0.05, 0) is 24.1 Å². The molecule has 1 rings (SSSR count). The molecule has 0 atom stereocenters. The number of hydrogen-bond donors (Lipinski definition) is 2. The van der Waals surface area contributed by atoms with E-state index < -0.39 is 0 Å². The highest BCUT2D eigenvalue weighted by Gasteiger charge is 2.13. The zero-order valence-electron chi connectivity index (χ0n) is 12.8. The van der Waals surface area contributed by atoms with E-state index in [-0.39, 0.29) is 5.91 Å². The number of rotatable bonds is 7. The van der Waals surface area contributed by atoms with Crippen molar-refractivity contribution in [3.8, 4) is 0 Å². The van der Waals surface area contributed by atoms with Crippen LogP contribution in [0.25, 0.3) is 0 Å². The van der Waals surface area contributed by atoms with Crippen LogP contribution in [0.4, 0.5) is 11.4 Å². The minimum Gasteiger partial charge on any atom is -0.397 e. The Bertz CT molecular complexity index is 447. The van der Waals surface area contributed by atoms with Gasteiger partial charge in [0.25, 0.3) is 5.91 Å². The normalized spacial score (nSPS) is 10.7. The van der Waals surface area contributed by atoms with Crippen LogP contribution in [0.5, 0.6) is 0 Å². The highest BCUT2D eigenvalue weighted by molar-refractivity contribution is 5.96. The Morgan fingerprint density at radius 2 is 2.15 bits per heavy atom. The molecule has 1 amide bonds. The number of nitrogen functional groups attached to an aromatic ring is 1. The van der Waals surface area contributed by atoms with E-state index in [0.717, 1.165) is 18.8 Å². The third kappa shape index (κ3) is 4.42. The van der Waals surface area contributed by atoms with Crippen molar-refractivity contribution in [3.05, 3.63) is 23.8 Å².